The van der Waals surface area contributed by atoms with Gasteiger partial charge >= 0.3 is 0 Å². The van der Waals surface area contributed by atoms with E-state index < -0.39 is 0 Å². The van der Waals surface area contributed by atoms with E-state index >= 15 is 0 Å². The molecule has 2 heterocycles. The maximum atomic E-state index is 13.3. The molecule has 0 saturated carbocycles. The number of amides is 1. The van der Waals surface area contributed by atoms with Crippen LogP contribution in [0.3, 0.4) is 0 Å². The molecule has 1 fully saturated rings. The van der Waals surface area contributed by atoms with Crippen LogP contribution in [0.4, 0.5) is 4.39 Å². The highest BCUT2D eigenvalue weighted by Crippen LogP contribution is 2.23. The lowest BCUT2D eigenvalue weighted by atomic mass is 9.97. The van der Waals surface area contributed by atoms with Crippen LogP contribution in [0.2, 0.25) is 5.15 Å². The highest BCUT2D eigenvalue weighted by molar-refractivity contribution is 6.29. The maximum absolute atomic E-state index is 13.3. The third kappa shape index (κ3) is 4.15. The number of hydrogen-bond donors (Lipinski definition) is 0. The van der Waals surface area contributed by atoms with Crippen molar-refractivity contribution in [2.24, 2.45) is 5.92 Å². The molecule has 1 aliphatic heterocycles. The summed E-state index contributed by atoms with van der Waals surface area (Å²) < 4.78 is 18.3. The van der Waals surface area contributed by atoms with Crippen LogP contribution in [-0.2, 0) is 17.6 Å². The van der Waals surface area contributed by atoms with Crippen LogP contribution < -0.4 is 0 Å². The summed E-state index contributed by atoms with van der Waals surface area (Å²) in [6, 6.07) is 6.89. The number of aryl methyl sites for hydroxylation is 2. The summed E-state index contributed by atoms with van der Waals surface area (Å²) in [5.74, 6) is 1.01. The third-order valence-electron chi connectivity index (χ3n) is 4.50. The Morgan fingerprint density at radius 3 is 3.00 bits per heavy atom. The average molecular weight is 351 g/mol. The highest BCUT2D eigenvalue weighted by atomic mass is 35.5. The van der Waals surface area contributed by atoms with Gasteiger partial charge in [0.15, 0.2) is 5.15 Å². The second-order valence-electron chi connectivity index (χ2n) is 6.40. The van der Waals surface area contributed by atoms with Crippen molar-refractivity contribution in [3.63, 3.8) is 0 Å². The van der Waals surface area contributed by atoms with Gasteiger partial charge in [-0.2, -0.15) is 0 Å². The van der Waals surface area contributed by atoms with Crippen molar-refractivity contribution >= 4 is 17.5 Å². The first-order valence-electron chi connectivity index (χ1n) is 8.15. The molecule has 1 atom stereocenters. The Hall–Kier alpha value is -1.88. The lowest BCUT2D eigenvalue weighted by molar-refractivity contribution is -0.130. The minimum atomic E-state index is -0.172. The SMILES string of the molecule is Cc1cc(CC2CCN(C(=O)CCc3cc(Cl)no3)C2)ccc1F. The van der Waals surface area contributed by atoms with Crippen LogP contribution in [0.5, 0.6) is 0 Å². The molecule has 1 aromatic heterocycles. The van der Waals surface area contributed by atoms with Gasteiger partial charge in [-0.15, -0.1) is 0 Å². The highest BCUT2D eigenvalue weighted by Gasteiger charge is 2.26. The zero-order valence-electron chi connectivity index (χ0n) is 13.6. The summed E-state index contributed by atoms with van der Waals surface area (Å²) in [7, 11) is 0. The number of nitrogens with zero attached hydrogens (tertiary/aromatic N) is 2. The molecule has 1 unspecified atom stereocenters. The topological polar surface area (TPSA) is 46.3 Å². The first kappa shape index (κ1) is 17.0. The molecular formula is C18H20ClFN2O2. The summed E-state index contributed by atoms with van der Waals surface area (Å²) in [6.45, 7) is 3.31. The minimum absolute atomic E-state index is 0.125. The zero-order valence-corrected chi connectivity index (χ0v) is 14.4. The van der Waals surface area contributed by atoms with E-state index in [4.69, 9.17) is 16.1 Å². The fraction of sp³-hybridized carbons (Fsp3) is 0.444. The number of aromatic nitrogens is 1. The van der Waals surface area contributed by atoms with Crippen LogP contribution in [-0.4, -0.2) is 29.1 Å². The standard InChI is InChI=1S/C18H20ClFN2O2/c1-12-8-13(2-4-16(12)20)9-14-6-7-22(11-14)18(23)5-3-15-10-17(19)21-24-15/h2,4,8,10,14H,3,5-7,9,11H2,1H3. The van der Waals surface area contributed by atoms with Crippen molar-refractivity contribution in [1.29, 1.82) is 0 Å². The molecule has 4 nitrogen and oxygen atoms in total. The smallest absolute Gasteiger partial charge is 0.223 e. The van der Waals surface area contributed by atoms with E-state index in [1.54, 1.807) is 13.0 Å². The number of benzene rings is 1. The first-order chi connectivity index (χ1) is 11.5. The van der Waals surface area contributed by atoms with Gasteiger partial charge in [-0.1, -0.05) is 28.9 Å². The van der Waals surface area contributed by atoms with Gasteiger partial charge in [0.05, 0.1) is 0 Å². The molecule has 0 spiro atoms. The predicted molar refractivity (Wildman–Crippen MR) is 89.4 cm³/mol. The van der Waals surface area contributed by atoms with Crippen LogP contribution >= 0.6 is 11.6 Å². The molecule has 6 heteroatoms. The summed E-state index contributed by atoms with van der Waals surface area (Å²) in [4.78, 5) is 14.2. The zero-order chi connectivity index (χ0) is 17.1. The molecule has 0 aliphatic carbocycles. The Morgan fingerprint density at radius 2 is 2.29 bits per heavy atom. The number of carbonyl (C=O) groups excluding carboxylic acids is 1. The van der Waals surface area contributed by atoms with Gasteiger partial charge in [0.2, 0.25) is 5.91 Å². The largest absolute Gasteiger partial charge is 0.360 e. The van der Waals surface area contributed by atoms with Crippen molar-refractivity contribution < 1.29 is 13.7 Å². The second-order valence-corrected chi connectivity index (χ2v) is 6.79. The van der Waals surface area contributed by atoms with Gasteiger partial charge in [0, 0.05) is 32.0 Å². The Morgan fingerprint density at radius 1 is 1.46 bits per heavy atom. The molecule has 0 N–H and O–H groups in total. The van der Waals surface area contributed by atoms with Gasteiger partial charge in [0.1, 0.15) is 11.6 Å². The monoisotopic (exact) mass is 350 g/mol. The minimum Gasteiger partial charge on any atom is -0.360 e. The van der Waals surface area contributed by atoms with E-state index in [0.29, 0.717) is 35.2 Å². The fourth-order valence-corrected chi connectivity index (χ4v) is 3.34. The van der Waals surface area contributed by atoms with Gasteiger partial charge < -0.3 is 9.42 Å². The molecule has 0 radical (unpaired) electrons. The molecule has 1 amide bonds. The molecular weight excluding hydrogens is 331 g/mol. The Balaban J connectivity index is 1.49. The second kappa shape index (κ2) is 7.34. The van der Waals surface area contributed by atoms with E-state index in [1.165, 1.54) is 6.07 Å². The van der Waals surface area contributed by atoms with Gasteiger partial charge in [0.25, 0.3) is 0 Å². The van der Waals surface area contributed by atoms with E-state index in [0.717, 1.165) is 31.5 Å². The van der Waals surface area contributed by atoms with Crippen molar-refractivity contribution in [1.82, 2.24) is 10.1 Å². The van der Waals surface area contributed by atoms with Crippen LogP contribution in [0.15, 0.2) is 28.8 Å². The number of halogens is 2. The van der Waals surface area contributed by atoms with Gasteiger partial charge in [-0.3, -0.25) is 4.79 Å². The Kier molecular flexibility index (Phi) is 5.19. The molecule has 1 aromatic carbocycles. The number of carbonyl (C=O) groups is 1. The molecule has 128 valence electrons. The van der Waals surface area contributed by atoms with E-state index in [1.807, 2.05) is 17.0 Å². The van der Waals surface area contributed by atoms with Gasteiger partial charge in [-0.25, -0.2) is 4.39 Å². The van der Waals surface area contributed by atoms with Crippen molar-refractivity contribution in [3.8, 4) is 0 Å². The quantitative estimate of drug-likeness (QED) is 0.824. The van der Waals surface area contributed by atoms with E-state index in [9.17, 15) is 9.18 Å². The van der Waals surface area contributed by atoms with Crippen molar-refractivity contribution in [2.45, 2.75) is 32.6 Å². The number of likely N-dealkylation sites (tertiary alicyclic amines) is 1. The molecule has 2 aromatic rings. The average Bonchev–Trinajstić information content (AvgIpc) is 3.18. The van der Waals surface area contributed by atoms with Gasteiger partial charge in [-0.05, 0) is 42.9 Å². The summed E-state index contributed by atoms with van der Waals surface area (Å²) >= 11 is 5.70. The lowest BCUT2D eigenvalue weighted by Gasteiger charge is -2.16. The van der Waals surface area contributed by atoms with Crippen LogP contribution in [0, 0.1) is 18.7 Å². The van der Waals surface area contributed by atoms with Crippen LogP contribution in [0.1, 0.15) is 29.7 Å². The molecule has 3 rings (SSSR count). The molecule has 1 saturated heterocycles. The molecule has 0 bridgehead atoms. The predicted octanol–water partition coefficient (Wildman–Crippen LogP) is 3.80. The normalized spacial score (nSPS) is 17.5. The van der Waals surface area contributed by atoms with E-state index in [-0.39, 0.29) is 11.7 Å². The lowest BCUT2D eigenvalue weighted by Crippen LogP contribution is -2.29. The number of rotatable bonds is 5. The van der Waals surface area contributed by atoms with E-state index in [2.05, 4.69) is 5.16 Å². The first-order valence-corrected chi connectivity index (χ1v) is 8.53. The van der Waals surface area contributed by atoms with Crippen molar-refractivity contribution in [2.75, 3.05) is 13.1 Å². The summed E-state index contributed by atoms with van der Waals surface area (Å²) in [5, 5.41) is 3.92. The number of hydrogen-bond acceptors (Lipinski definition) is 3. The summed E-state index contributed by atoms with van der Waals surface area (Å²) in [5.41, 5.74) is 1.80. The third-order valence-corrected chi connectivity index (χ3v) is 4.68. The Bertz CT molecular complexity index is 732. The summed E-state index contributed by atoms with van der Waals surface area (Å²) in [6.07, 6.45) is 2.77. The molecule has 1 aliphatic rings. The Labute approximate surface area is 145 Å². The maximum Gasteiger partial charge on any atom is 0.223 e. The van der Waals surface area contributed by atoms with Crippen LogP contribution in [0.25, 0.3) is 0 Å². The van der Waals surface area contributed by atoms with Crippen molar-refractivity contribution in [3.05, 3.63) is 52.1 Å². The molecule has 24 heavy (non-hydrogen) atoms. The fourth-order valence-electron chi connectivity index (χ4n) is 3.19.